The molecule has 1 amide bonds. The Bertz CT molecular complexity index is 660. The van der Waals surface area contributed by atoms with E-state index in [0.29, 0.717) is 17.4 Å². The minimum absolute atomic E-state index is 0.569. The van der Waals surface area contributed by atoms with Crippen LogP contribution < -0.4 is 10.1 Å². The number of thiazole rings is 1. The lowest BCUT2D eigenvalue weighted by molar-refractivity contribution is -0.105. The third kappa shape index (κ3) is 3.40. The van der Waals surface area contributed by atoms with E-state index in [2.05, 4.69) is 25.2 Å². The summed E-state index contributed by atoms with van der Waals surface area (Å²) in [6.45, 7) is 2.68. The second-order valence-electron chi connectivity index (χ2n) is 4.98. The lowest BCUT2D eigenvalue weighted by Gasteiger charge is -2.17. The van der Waals surface area contributed by atoms with Gasteiger partial charge in [0.1, 0.15) is 0 Å². The number of amides is 1. The monoisotopic (exact) mass is 319 g/mol. The Morgan fingerprint density at radius 2 is 2.14 bits per heavy atom. The van der Waals surface area contributed by atoms with Gasteiger partial charge in [-0.1, -0.05) is 0 Å². The fraction of sp³-hybridized carbons (Fsp3) is 0.429. The summed E-state index contributed by atoms with van der Waals surface area (Å²) in [6, 6.07) is 0. The predicted octanol–water partition coefficient (Wildman–Crippen LogP) is 1.11. The van der Waals surface area contributed by atoms with Gasteiger partial charge in [-0.3, -0.25) is 14.7 Å². The summed E-state index contributed by atoms with van der Waals surface area (Å²) in [6.07, 6.45) is 5.88. The molecule has 1 N–H and O–H groups in total. The fourth-order valence-corrected chi connectivity index (χ4v) is 3.27. The van der Waals surface area contributed by atoms with Crippen LogP contribution in [0.2, 0.25) is 0 Å². The molecule has 0 bridgehead atoms. The minimum Gasteiger partial charge on any atom is -0.480 e. The number of hydrogen-bond acceptors (Lipinski definition) is 7. The molecular formula is C14H17N5O2S. The first-order valence-corrected chi connectivity index (χ1v) is 7.86. The summed E-state index contributed by atoms with van der Waals surface area (Å²) in [5, 5.41) is 3.21. The molecule has 0 aliphatic carbocycles. The molecule has 1 aliphatic heterocycles. The molecule has 1 aliphatic rings. The van der Waals surface area contributed by atoms with Crippen LogP contribution in [-0.4, -0.2) is 46.5 Å². The molecule has 0 radical (unpaired) electrons. The zero-order valence-corrected chi connectivity index (χ0v) is 13.1. The van der Waals surface area contributed by atoms with Crippen LogP contribution in [0.1, 0.15) is 16.3 Å². The largest absolute Gasteiger partial charge is 0.480 e. The maximum Gasteiger partial charge on any atom is 0.232 e. The van der Waals surface area contributed by atoms with Gasteiger partial charge in [-0.05, 0) is 0 Å². The van der Waals surface area contributed by atoms with E-state index < -0.39 is 0 Å². The highest BCUT2D eigenvalue weighted by Crippen LogP contribution is 2.21. The van der Waals surface area contributed by atoms with Crippen LogP contribution in [0.25, 0.3) is 0 Å². The van der Waals surface area contributed by atoms with E-state index in [1.54, 1.807) is 13.3 Å². The first kappa shape index (κ1) is 14.9. The number of carbonyl (C=O) groups excluding carboxylic acids is 1. The smallest absolute Gasteiger partial charge is 0.232 e. The topological polar surface area (TPSA) is 80.2 Å². The van der Waals surface area contributed by atoms with Crippen molar-refractivity contribution in [1.29, 1.82) is 0 Å². The van der Waals surface area contributed by atoms with Crippen LogP contribution in [0.15, 0.2) is 12.4 Å². The van der Waals surface area contributed by atoms with Gasteiger partial charge in [0.15, 0.2) is 5.13 Å². The summed E-state index contributed by atoms with van der Waals surface area (Å²) in [5.41, 5.74) is 2.07. The number of ether oxygens (including phenoxy) is 1. The number of methoxy groups -OCH3 is 1. The Morgan fingerprint density at radius 1 is 1.32 bits per heavy atom. The zero-order chi connectivity index (χ0) is 15.4. The van der Waals surface area contributed by atoms with Gasteiger partial charge in [0.25, 0.3) is 0 Å². The maximum absolute atomic E-state index is 10.4. The number of rotatable bonds is 5. The predicted molar refractivity (Wildman–Crippen MR) is 83.1 cm³/mol. The number of anilines is 1. The van der Waals surface area contributed by atoms with Crippen molar-refractivity contribution >= 4 is 22.9 Å². The van der Waals surface area contributed by atoms with Crippen molar-refractivity contribution in [2.24, 2.45) is 0 Å². The van der Waals surface area contributed by atoms with Crippen LogP contribution in [-0.2, 0) is 24.2 Å². The standard InChI is InChI=1S/C14H17N5O2S/c1-21-13-7-15-11-2-4-19(5-3-12(11)18-13)8-10-6-16-14(22-10)17-9-20/h6-7,9H,2-5,8H2,1H3,(H,16,17,20). The van der Waals surface area contributed by atoms with Crippen LogP contribution in [0, 0.1) is 0 Å². The number of carbonyl (C=O) groups is 1. The van der Waals surface area contributed by atoms with Crippen LogP contribution >= 0.6 is 11.3 Å². The van der Waals surface area contributed by atoms with Crippen LogP contribution in [0.5, 0.6) is 5.88 Å². The van der Waals surface area contributed by atoms with Crippen molar-refractivity contribution in [3.63, 3.8) is 0 Å². The lowest BCUT2D eigenvalue weighted by atomic mass is 10.2. The molecule has 0 spiro atoms. The second-order valence-corrected chi connectivity index (χ2v) is 6.09. The summed E-state index contributed by atoms with van der Waals surface area (Å²) >= 11 is 1.50. The highest BCUT2D eigenvalue weighted by molar-refractivity contribution is 7.15. The van der Waals surface area contributed by atoms with E-state index in [4.69, 9.17) is 4.74 Å². The van der Waals surface area contributed by atoms with Crippen molar-refractivity contribution in [3.8, 4) is 5.88 Å². The summed E-state index contributed by atoms with van der Waals surface area (Å²) in [4.78, 5) is 27.0. The molecule has 22 heavy (non-hydrogen) atoms. The van der Waals surface area contributed by atoms with Crippen molar-refractivity contribution in [3.05, 3.63) is 28.7 Å². The molecule has 0 saturated heterocycles. The van der Waals surface area contributed by atoms with Crippen LogP contribution in [0.4, 0.5) is 5.13 Å². The molecule has 8 heteroatoms. The van der Waals surface area contributed by atoms with Gasteiger partial charge in [0, 0.05) is 43.5 Å². The van der Waals surface area contributed by atoms with Crippen molar-refractivity contribution in [2.45, 2.75) is 19.4 Å². The Balaban J connectivity index is 1.64. The van der Waals surface area contributed by atoms with E-state index in [0.717, 1.165) is 48.7 Å². The molecule has 0 unspecified atom stereocenters. The highest BCUT2D eigenvalue weighted by Gasteiger charge is 2.17. The van der Waals surface area contributed by atoms with Gasteiger partial charge in [-0.25, -0.2) is 9.97 Å². The Kier molecular flexibility index (Phi) is 4.59. The molecule has 3 heterocycles. The molecule has 2 aromatic heterocycles. The number of aromatic nitrogens is 3. The number of nitrogens with one attached hydrogen (secondary N) is 1. The molecular weight excluding hydrogens is 302 g/mol. The normalized spacial score (nSPS) is 15.0. The summed E-state index contributed by atoms with van der Waals surface area (Å²) in [7, 11) is 1.61. The molecule has 0 atom stereocenters. The van der Waals surface area contributed by atoms with Gasteiger partial charge in [-0.2, -0.15) is 0 Å². The average Bonchev–Trinajstić information content (AvgIpc) is 2.87. The molecule has 7 nitrogen and oxygen atoms in total. The second kappa shape index (κ2) is 6.80. The molecule has 2 aromatic rings. The highest BCUT2D eigenvalue weighted by atomic mass is 32.1. The average molecular weight is 319 g/mol. The van der Waals surface area contributed by atoms with E-state index in [-0.39, 0.29) is 0 Å². The van der Waals surface area contributed by atoms with Crippen LogP contribution in [0.3, 0.4) is 0 Å². The Labute approximate surface area is 132 Å². The van der Waals surface area contributed by atoms with E-state index in [1.165, 1.54) is 11.3 Å². The number of fused-ring (bicyclic) bond motifs is 1. The SMILES string of the molecule is COc1cnc2c(n1)CCN(Cc1cnc(NC=O)s1)CC2. The van der Waals surface area contributed by atoms with Gasteiger partial charge in [0.05, 0.1) is 24.7 Å². The van der Waals surface area contributed by atoms with Crippen molar-refractivity contribution in [2.75, 3.05) is 25.5 Å². The summed E-state index contributed by atoms with van der Waals surface area (Å²) < 4.78 is 5.14. The van der Waals surface area contributed by atoms with Gasteiger partial charge < -0.3 is 10.1 Å². The third-order valence-corrected chi connectivity index (χ3v) is 4.48. The molecule has 0 saturated carbocycles. The number of hydrogen-bond donors (Lipinski definition) is 1. The Morgan fingerprint density at radius 3 is 2.91 bits per heavy atom. The quantitative estimate of drug-likeness (QED) is 0.832. The molecule has 3 rings (SSSR count). The van der Waals surface area contributed by atoms with Gasteiger partial charge >= 0.3 is 0 Å². The number of nitrogens with zero attached hydrogens (tertiary/aromatic N) is 4. The van der Waals surface area contributed by atoms with E-state index in [1.807, 2.05) is 6.20 Å². The first-order valence-electron chi connectivity index (χ1n) is 7.04. The van der Waals surface area contributed by atoms with Gasteiger partial charge in [-0.15, -0.1) is 11.3 Å². The lowest BCUT2D eigenvalue weighted by Crippen LogP contribution is -2.25. The fourth-order valence-electron chi connectivity index (χ4n) is 2.46. The van der Waals surface area contributed by atoms with Gasteiger partial charge in [0.2, 0.25) is 12.3 Å². The Hall–Kier alpha value is -2.06. The summed E-state index contributed by atoms with van der Waals surface area (Å²) in [5.74, 6) is 0.569. The zero-order valence-electron chi connectivity index (χ0n) is 12.3. The third-order valence-electron chi connectivity index (χ3n) is 3.56. The minimum atomic E-state index is 0.569. The van der Waals surface area contributed by atoms with E-state index in [9.17, 15) is 4.79 Å². The molecule has 116 valence electrons. The molecule has 0 fully saturated rings. The van der Waals surface area contributed by atoms with Crippen molar-refractivity contribution < 1.29 is 9.53 Å². The van der Waals surface area contributed by atoms with Crippen molar-refractivity contribution in [1.82, 2.24) is 19.9 Å². The maximum atomic E-state index is 10.4. The molecule has 0 aromatic carbocycles. The van der Waals surface area contributed by atoms with E-state index >= 15 is 0 Å². The first-order chi connectivity index (χ1) is 10.8.